The number of carbonyl (C=O) groups excluding carboxylic acids is 5. The summed E-state index contributed by atoms with van der Waals surface area (Å²) in [5.74, 6) is -3.03. The third-order valence-electron chi connectivity index (χ3n) is 5.88. The minimum Gasteiger partial charge on any atom is -0.508 e. The van der Waals surface area contributed by atoms with Crippen molar-refractivity contribution < 1.29 is 38.6 Å². The van der Waals surface area contributed by atoms with E-state index in [-0.39, 0.29) is 30.7 Å². The Labute approximate surface area is 235 Å². The normalized spacial score (nSPS) is 12.5. The predicted molar refractivity (Wildman–Crippen MR) is 148 cm³/mol. The first-order valence-electron chi connectivity index (χ1n) is 13.5. The number of hydrogen-bond donors (Lipinski definition) is 4. The molecule has 1 rings (SSSR count). The molecule has 0 saturated carbocycles. The van der Waals surface area contributed by atoms with Crippen molar-refractivity contribution in [3.05, 3.63) is 29.8 Å². The number of esters is 1. The van der Waals surface area contributed by atoms with E-state index in [2.05, 4.69) is 22.3 Å². The van der Waals surface area contributed by atoms with Gasteiger partial charge in [0.15, 0.2) is 0 Å². The predicted octanol–water partition coefficient (Wildman–Crippen LogP) is 2.68. The summed E-state index contributed by atoms with van der Waals surface area (Å²) in [6.07, 6.45) is 2.97. The summed E-state index contributed by atoms with van der Waals surface area (Å²) in [5.41, 5.74) is 4.60. The molecule has 0 aliphatic carbocycles. The number of nitrogens with zero attached hydrogens (tertiary/aromatic N) is 1. The van der Waals surface area contributed by atoms with Gasteiger partial charge in [0.2, 0.25) is 17.7 Å². The minimum atomic E-state index is -1.36. The SMILES string of the molecule is CCCCCCCN(C(=O)C(CCC(N)=O)NC(=O)OC(C)(C)C)C(C(=O)NCC(=O)OC)c1ccccc1O. The second-order valence-electron chi connectivity index (χ2n) is 10.4. The largest absolute Gasteiger partial charge is 0.508 e. The highest BCUT2D eigenvalue weighted by molar-refractivity contribution is 5.93. The number of alkyl carbamates (subject to hydrolysis) is 1. The van der Waals surface area contributed by atoms with Crippen molar-refractivity contribution in [2.45, 2.75) is 90.3 Å². The number of nitrogens with one attached hydrogen (secondary N) is 2. The molecule has 40 heavy (non-hydrogen) atoms. The fourth-order valence-corrected chi connectivity index (χ4v) is 3.94. The molecule has 0 aromatic heterocycles. The maximum atomic E-state index is 14.1. The molecule has 0 aliphatic heterocycles. The monoisotopic (exact) mass is 564 g/mol. The van der Waals surface area contributed by atoms with E-state index in [4.69, 9.17) is 10.5 Å². The molecule has 2 atom stereocenters. The van der Waals surface area contributed by atoms with Crippen molar-refractivity contribution in [3.63, 3.8) is 0 Å². The molecule has 0 bridgehead atoms. The van der Waals surface area contributed by atoms with E-state index in [1.54, 1.807) is 32.9 Å². The lowest BCUT2D eigenvalue weighted by Gasteiger charge is -2.34. The molecule has 12 nitrogen and oxygen atoms in total. The zero-order valence-corrected chi connectivity index (χ0v) is 24.2. The van der Waals surface area contributed by atoms with Gasteiger partial charge in [0.1, 0.15) is 30.0 Å². The smallest absolute Gasteiger partial charge is 0.408 e. The highest BCUT2D eigenvalue weighted by Gasteiger charge is 2.37. The van der Waals surface area contributed by atoms with E-state index >= 15 is 0 Å². The van der Waals surface area contributed by atoms with Crippen molar-refractivity contribution in [2.24, 2.45) is 5.73 Å². The van der Waals surface area contributed by atoms with Gasteiger partial charge in [-0.2, -0.15) is 0 Å². The van der Waals surface area contributed by atoms with Crippen LogP contribution >= 0.6 is 0 Å². The molecule has 2 unspecified atom stereocenters. The van der Waals surface area contributed by atoms with Gasteiger partial charge in [0.05, 0.1) is 7.11 Å². The molecule has 0 spiro atoms. The summed E-state index contributed by atoms with van der Waals surface area (Å²) in [6, 6.07) is 3.42. The summed E-state index contributed by atoms with van der Waals surface area (Å²) in [4.78, 5) is 64.7. The molecular weight excluding hydrogens is 520 g/mol. The van der Waals surface area contributed by atoms with Crippen LogP contribution in [0.25, 0.3) is 0 Å². The molecule has 1 aromatic carbocycles. The zero-order chi connectivity index (χ0) is 30.3. The van der Waals surface area contributed by atoms with E-state index in [1.165, 1.54) is 24.1 Å². The number of phenols is 1. The van der Waals surface area contributed by atoms with Crippen LogP contribution in [0, 0.1) is 0 Å². The standard InChI is InChI=1S/C28H44N4O8/c1-6-7-8-9-12-17-32(26(37)20(15-16-22(29)34)31-27(38)40-28(2,3)4)24(19-13-10-11-14-21(19)33)25(36)30-18-23(35)39-5/h10-11,13-14,20,24,33H,6-9,12,15-18H2,1-5H3,(H2,29,34)(H,30,36)(H,31,38). The number of benzene rings is 1. The Morgan fingerprint density at radius 1 is 1.05 bits per heavy atom. The highest BCUT2D eigenvalue weighted by atomic mass is 16.6. The molecule has 0 aliphatic rings. The third kappa shape index (κ3) is 12.4. The summed E-state index contributed by atoms with van der Waals surface area (Å²) in [5, 5.41) is 15.6. The number of carbonyl (C=O) groups is 5. The Kier molecular flexibility index (Phi) is 14.5. The number of ether oxygens (including phenoxy) is 2. The van der Waals surface area contributed by atoms with Crippen molar-refractivity contribution >= 4 is 29.8 Å². The fourth-order valence-electron chi connectivity index (χ4n) is 3.94. The fraction of sp³-hybridized carbons (Fsp3) is 0.607. The van der Waals surface area contributed by atoms with E-state index < -0.39 is 54.0 Å². The van der Waals surface area contributed by atoms with E-state index in [0.29, 0.717) is 6.42 Å². The van der Waals surface area contributed by atoms with E-state index in [1.807, 2.05) is 0 Å². The first kappa shape index (κ1) is 34.2. The number of aromatic hydroxyl groups is 1. The van der Waals surface area contributed by atoms with Gasteiger partial charge >= 0.3 is 12.1 Å². The van der Waals surface area contributed by atoms with Gasteiger partial charge < -0.3 is 35.8 Å². The second-order valence-corrected chi connectivity index (χ2v) is 10.4. The Morgan fingerprint density at radius 2 is 1.70 bits per heavy atom. The molecule has 0 fully saturated rings. The molecule has 1 aromatic rings. The van der Waals surface area contributed by atoms with Crippen molar-refractivity contribution in [1.29, 1.82) is 0 Å². The van der Waals surface area contributed by atoms with E-state index in [0.717, 1.165) is 25.7 Å². The lowest BCUT2D eigenvalue weighted by atomic mass is 10.00. The van der Waals surface area contributed by atoms with Crippen LogP contribution in [0.5, 0.6) is 5.75 Å². The molecule has 0 radical (unpaired) electrons. The van der Waals surface area contributed by atoms with Crippen LogP contribution in [0.3, 0.4) is 0 Å². The summed E-state index contributed by atoms with van der Waals surface area (Å²) in [6.45, 7) is 6.69. The van der Waals surface area contributed by atoms with Gasteiger partial charge in [-0.25, -0.2) is 4.79 Å². The van der Waals surface area contributed by atoms with Crippen LogP contribution in [-0.4, -0.2) is 71.6 Å². The van der Waals surface area contributed by atoms with Gasteiger partial charge in [-0.3, -0.25) is 19.2 Å². The number of hydrogen-bond acceptors (Lipinski definition) is 8. The van der Waals surface area contributed by atoms with Crippen LogP contribution in [0.15, 0.2) is 24.3 Å². The lowest BCUT2D eigenvalue weighted by molar-refractivity contribution is -0.145. The first-order valence-corrected chi connectivity index (χ1v) is 13.5. The summed E-state index contributed by atoms with van der Waals surface area (Å²) >= 11 is 0. The molecule has 224 valence electrons. The topological polar surface area (TPSA) is 177 Å². The number of phenolic OH excluding ortho intramolecular Hbond substituents is 1. The van der Waals surface area contributed by atoms with Gasteiger partial charge in [-0.1, -0.05) is 50.8 Å². The maximum Gasteiger partial charge on any atom is 0.408 e. The number of rotatable bonds is 16. The van der Waals surface area contributed by atoms with Gasteiger partial charge in [-0.15, -0.1) is 0 Å². The second kappa shape index (κ2) is 17.0. The van der Waals surface area contributed by atoms with Crippen LogP contribution in [0.2, 0.25) is 0 Å². The third-order valence-corrected chi connectivity index (χ3v) is 5.88. The number of nitrogens with two attached hydrogens (primary N) is 1. The minimum absolute atomic E-state index is 0.0935. The van der Waals surface area contributed by atoms with Crippen LogP contribution in [0.4, 0.5) is 4.79 Å². The average molecular weight is 565 g/mol. The molecule has 0 saturated heterocycles. The molecule has 5 N–H and O–H groups in total. The Morgan fingerprint density at radius 3 is 2.27 bits per heavy atom. The molecule has 0 heterocycles. The van der Waals surface area contributed by atoms with Crippen LogP contribution < -0.4 is 16.4 Å². The first-order chi connectivity index (χ1) is 18.8. The van der Waals surface area contributed by atoms with Gasteiger partial charge in [0.25, 0.3) is 0 Å². The number of unbranched alkanes of at least 4 members (excludes halogenated alkanes) is 4. The van der Waals surface area contributed by atoms with Crippen molar-refractivity contribution in [1.82, 2.24) is 15.5 Å². The van der Waals surface area contributed by atoms with E-state index in [9.17, 15) is 29.1 Å². The molecular formula is C28H44N4O8. The van der Waals surface area contributed by atoms with Crippen molar-refractivity contribution in [3.8, 4) is 5.75 Å². The Hall–Kier alpha value is -3.83. The maximum absolute atomic E-state index is 14.1. The number of amides is 4. The molecule has 12 heteroatoms. The van der Waals surface area contributed by atoms with Crippen LogP contribution in [0.1, 0.15) is 84.2 Å². The summed E-state index contributed by atoms with van der Waals surface area (Å²) < 4.78 is 9.92. The van der Waals surface area contributed by atoms with Crippen molar-refractivity contribution in [2.75, 3.05) is 20.2 Å². The van der Waals surface area contributed by atoms with Gasteiger partial charge in [-0.05, 0) is 39.7 Å². The Bertz CT molecular complexity index is 1010. The van der Waals surface area contributed by atoms with Gasteiger partial charge in [0, 0.05) is 18.5 Å². The lowest BCUT2D eigenvalue weighted by Crippen LogP contribution is -2.53. The number of para-hydroxylation sites is 1. The quantitative estimate of drug-likeness (QED) is 0.175. The van der Waals surface area contributed by atoms with Crippen LogP contribution in [-0.2, 0) is 28.7 Å². The Balaban J connectivity index is 3.51. The molecule has 4 amide bonds. The zero-order valence-electron chi connectivity index (χ0n) is 24.2. The summed E-state index contributed by atoms with van der Waals surface area (Å²) in [7, 11) is 1.17. The number of primary amides is 1. The number of methoxy groups -OCH3 is 1. The highest BCUT2D eigenvalue weighted by Crippen LogP contribution is 2.30. The average Bonchev–Trinajstić information content (AvgIpc) is 2.88.